The van der Waals surface area contributed by atoms with Crippen LogP contribution >= 0.6 is 0 Å². The number of aryl methyl sites for hydroxylation is 1. The molecule has 28 heavy (non-hydrogen) atoms. The molecular weight excluding hydrogens is 371 g/mol. The van der Waals surface area contributed by atoms with Crippen LogP contribution in [0.25, 0.3) is 23.3 Å². The molecule has 0 radical (unpaired) electrons. The van der Waals surface area contributed by atoms with Gasteiger partial charge in [0.25, 0.3) is 0 Å². The zero-order valence-corrected chi connectivity index (χ0v) is 15.1. The van der Waals surface area contributed by atoms with E-state index in [1.807, 2.05) is 12.1 Å². The molecule has 0 saturated carbocycles. The summed E-state index contributed by atoms with van der Waals surface area (Å²) in [5.74, 6) is -6.37. The highest BCUT2D eigenvalue weighted by Gasteiger charge is 2.14. The molecular formula is C23H17F5. The Morgan fingerprint density at radius 1 is 0.714 bits per heavy atom. The van der Waals surface area contributed by atoms with Gasteiger partial charge in [0, 0.05) is 11.1 Å². The van der Waals surface area contributed by atoms with E-state index >= 15 is 0 Å². The first-order valence-electron chi connectivity index (χ1n) is 8.80. The second-order valence-corrected chi connectivity index (χ2v) is 6.41. The Balaban J connectivity index is 1.90. The predicted molar refractivity (Wildman–Crippen MR) is 101 cm³/mol. The summed E-state index contributed by atoms with van der Waals surface area (Å²) in [6, 6.07) is 11.6. The van der Waals surface area contributed by atoms with Crippen molar-refractivity contribution in [3.05, 3.63) is 94.3 Å². The monoisotopic (exact) mass is 388 g/mol. The molecule has 0 amide bonds. The van der Waals surface area contributed by atoms with Gasteiger partial charge in [0.1, 0.15) is 0 Å². The third-order valence-corrected chi connectivity index (χ3v) is 4.38. The molecule has 0 spiro atoms. The van der Waals surface area contributed by atoms with Crippen molar-refractivity contribution in [2.75, 3.05) is 0 Å². The SMILES string of the molecule is CCCc1ccc(-c2ccc(C=Cc3cc(F)c(F)c(F)c3)c(F)c2F)cc1. The summed E-state index contributed by atoms with van der Waals surface area (Å²) in [6.45, 7) is 2.06. The van der Waals surface area contributed by atoms with Crippen LogP contribution in [0.4, 0.5) is 22.0 Å². The summed E-state index contributed by atoms with van der Waals surface area (Å²) in [6.07, 6.45) is 4.26. The summed E-state index contributed by atoms with van der Waals surface area (Å²) in [5.41, 5.74) is 1.69. The van der Waals surface area contributed by atoms with Crippen LogP contribution in [0.1, 0.15) is 30.0 Å². The zero-order chi connectivity index (χ0) is 20.3. The molecule has 0 bridgehead atoms. The molecule has 0 heterocycles. The first-order valence-corrected chi connectivity index (χ1v) is 8.80. The molecule has 0 saturated heterocycles. The van der Waals surface area contributed by atoms with Gasteiger partial charge in [-0.25, -0.2) is 22.0 Å². The average molecular weight is 388 g/mol. The minimum absolute atomic E-state index is 0.00759. The van der Waals surface area contributed by atoms with E-state index < -0.39 is 29.1 Å². The fourth-order valence-corrected chi connectivity index (χ4v) is 2.91. The van der Waals surface area contributed by atoms with Crippen LogP contribution in [0, 0.1) is 29.1 Å². The van der Waals surface area contributed by atoms with Gasteiger partial charge >= 0.3 is 0 Å². The largest absolute Gasteiger partial charge is 0.204 e. The number of benzene rings is 3. The van der Waals surface area contributed by atoms with Gasteiger partial charge in [0.2, 0.25) is 0 Å². The molecule has 0 nitrogen and oxygen atoms in total. The Morgan fingerprint density at radius 2 is 1.36 bits per heavy atom. The lowest BCUT2D eigenvalue weighted by Gasteiger charge is -2.08. The molecule has 0 aliphatic rings. The Hall–Kier alpha value is -2.95. The van der Waals surface area contributed by atoms with E-state index in [2.05, 4.69) is 6.92 Å². The molecule has 0 aliphatic carbocycles. The fraction of sp³-hybridized carbons (Fsp3) is 0.130. The van der Waals surface area contributed by atoms with Crippen molar-refractivity contribution in [2.45, 2.75) is 19.8 Å². The molecule has 3 aromatic rings. The van der Waals surface area contributed by atoms with E-state index in [0.29, 0.717) is 5.56 Å². The van der Waals surface area contributed by atoms with E-state index in [1.54, 1.807) is 12.1 Å². The lowest BCUT2D eigenvalue weighted by atomic mass is 10.00. The van der Waals surface area contributed by atoms with Crippen molar-refractivity contribution in [1.82, 2.24) is 0 Å². The maximum Gasteiger partial charge on any atom is 0.194 e. The minimum atomic E-state index is -1.58. The Morgan fingerprint density at radius 3 is 1.96 bits per heavy atom. The highest BCUT2D eigenvalue weighted by Crippen LogP contribution is 2.28. The van der Waals surface area contributed by atoms with Crippen molar-refractivity contribution in [2.24, 2.45) is 0 Å². The summed E-state index contributed by atoms with van der Waals surface area (Å²) >= 11 is 0. The fourth-order valence-electron chi connectivity index (χ4n) is 2.91. The summed E-state index contributed by atoms with van der Waals surface area (Å²) in [4.78, 5) is 0. The topological polar surface area (TPSA) is 0 Å². The van der Waals surface area contributed by atoms with Crippen LogP contribution in [0.2, 0.25) is 0 Å². The van der Waals surface area contributed by atoms with Crippen LogP contribution in [0.15, 0.2) is 48.5 Å². The van der Waals surface area contributed by atoms with Gasteiger partial charge < -0.3 is 0 Å². The lowest BCUT2D eigenvalue weighted by molar-refractivity contribution is 0.447. The Labute approximate surface area is 160 Å². The molecule has 0 N–H and O–H groups in total. The van der Waals surface area contributed by atoms with Crippen LogP contribution in [-0.4, -0.2) is 0 Å². The van der Waals surface area contributed by atoms with Gasteiger partial charge in [-0.2, -0.15) is 0 Å². The zero-order valence-electron chi connectivity index (χ0n) is 15.1. The predicted octanol–water partition coefficient (Wildman–Crippen LogP) is 7.17. The second kappa shape index (κ2) is 8.38. The maximum atomic E-state index is 14.5. The number of hydrogen-bond donors (Lipinski definition) is 0. The van der Waals surface area contributed by atoms with Gasteiger partial charge in [0.15, 0.2) is 29.1 Å². The average Bonchev–Trinajstić information content (AvgIpc) is 2.68. The Kier molecular flexibility index (Phi) is 5.93. The van der Waals surface area contributed by atoms with Gasteiger partial charge in [-0.1, -0.05) is 61.9 Å². The summed E-state index contributed by atoms with van der Waals surface area (Å²) in [5, 5.41) is 0. The molecule has 144 valence electrons. The van der Waals surface area contributed by atoms with Crippen LogP contribution in [0.3, 0.4) is 0 Å². The number of rotatable bonds is 5. The second-order valence-electron chi connectivity index (χ2n) is 6.41. The van der Waals surface area contributed by atoms with E-state index in [-0.39, 0.29) is 16.7 Å². The first kappa shape index (κ1) is 19.8. The van der Waals surface area contributed by atoms with Gasteiger partial charge in [-0.15, -0.1) is 0 Å². The van der Waals surface area contributed by atoms with Crippen LogP contribution < -0.4 is 0 Å². The highest BCUT2D eigenvalue weighted by molar-refractivity contribution is 5.73. The van der Waals surface area contributed by atoms with Crippen LogP contribution in [-0.2, 0) is 6.42 Å². The highest BCUT2D eigenvalue weighted by atomic mass is 19.2. The number of halogens is 5. The molecule has 3 aromatic carbocycles. The summed E-state index contributed by atoms with van der Waals surface area (Å²) in [7, 11) is 0. The minimum Gasteiger partial charge on any atom is -0.204 e. The maximum absolute atomic E-state index is 14.5. The standard InChI is InChI=1S/C23H17F5/c1-2-3-14-4-7-16(8-5-14)18-11-10-17(21(26)22(18)27)9-6-15-12-19(24)23(28)20(25)13-15/h4-13H,2-3H2,1H3. The van der Waals surface area contributed by atoms with E-state index in [0.717, 1.165) is 30.5 Å². The number of hydrogen-bond acceptors (Lipinski definition) is 0. The molecule has 5 heteroatoms. The molecule has 0 atom stereocenters. The first-order chi connectivity index (χ1) is 13.4. The van der Waals surface area contributed by atoms with E-state index in [1.165, 1.54) is 24.3 Å². The van der Waals surface area contributed by atoms with Crippen molar-refractivity contribution >= 4 is 12.2 Å². The lowest BCUT2D eigenvalue weighted by Crippen LogP contribution is -1.94. The van der Waals surface area contributed by atoms with Crippen molar-refractivity contribution in [1.29, 1.82) is 0 Å². The molecule has 3 rings (SSSR count). The molecule has 0 fully saturated rings. The third kappa shape index (κ3) is 4.14. The molecule has 0 aromatic heterocycles. The van der Waals surface area contributed by atoms with Crippen molar-refractivity contribution in [3.63, 3.8) is 0 Å². The van der Waals surface area contributed by atoms with Crippen molar-refractivity contribution in [3.8, 4) is 11.1 Å². The van der Waals surface area contributed by atoms with Gasteiger partial charge in [-0.05, 0) is 35.2 Å². The van der Waals surface area contributed by atoms with Gasteiger partial charge in [0.05, 0.1) is 0 Å². The quantitative estimate of drug-likeness (QED) is 0.247. The smallest absolute Gasteiger partial charge is 0.194 e. The van der Waals surface area contributed by atoms with E-state index in [4.69, 9.17) is 0 Å². The van der Waals surface area contributed by atoms with Gasteiger partial charge in [-0.3, -0.25) is 0 Å². The van der Waals surface area contributed by atoms with Crippen LogP contribution in [0.5, 0.6) is 0 Å². The third-order valence-electron chi connectivity index (χ3n) is 4.38. The normalized spacial score (nSPS) is 11.4. The van der Waals surface area contributed by atoms with E-state index in [9.17, 15) is 22.0 Å². The molecule has 0 unspecified atom stereocenters. The summed E-state index contributed by atoms with van der Waals surface area (Å²) < 4.78 is 68.4. The Bertz CT molecular complexity index is 997. The molecule has 0 aliphatic heterocycles. The van der Waals surface area contributed by atoms with Crippen molar-refractivity contribution < 1.29 is 22.0 Å².